The molecule has 7 nitrogen and oxygen atoms in total. The molecule has 0 radical (unpaired) electrons. The number of rotatable bonds is 4. The molecule has 2 heterocycles. The lowest BCUT2D eigenvalue weighted by molar-refractivity contribution is -0.117. The van der Waals surface area contributed by atoms with Crippen molar-refractivity contribution in [3.63, 3.8) is 0 Å². The van der Waals surface area contributed by atoms with Gasteiger partial charge < -0.3 is 5.32 Å². The summed E-state index contributed by atoms with van der Waals surface area (Å²) in [6, 6.07) is 13.0. The number of fused-ring (bicyclic) bond motifs is 1. The Morgan fingerprint density at radius 1 is 1.17 bits per heavy atom. The fourth-order valence-corrected chi connectivity index (χ4v) is 3.15. The highest BCUT2D eigenvalue weighted by Crippen LogP contribution is 2.21. The summed E-state index contributed by atoms with van der Waals surface area (Å²) in [5.74, 6) is -1.27. The Labute approximate surface area is 176 Å². The predicted octanol–water partition coefficient (Wildman–Crippen LogP) is 3.75. The van der Waals surface area contributed by atoms with E-state index < -0.39 is 17.3 Å². The molecule has 0 aliphatic rings. The molecule has 4 aromatic rings. The number of anilines is 1. The molecule has 1 amide bonds. The molecule has 0 spiro atoms. The maximum Gasteiger partial charge on any atom is 0.293 e. The molecule has 0 unspecified atom stereocenters. The average Bonchev–Trinajstić information content (AvgIpc) is 3.12. The van der Waals surface area contributed by atoms with Gasteiger partial charge in [0.25, 0.3) is 5.56 Å². The number of nitrogens with one attached hydrogen (secondary N) is 1. The highest BCUT2D eigenvalue weighted by atomic mass is 79.9. The highest BCUT2D eigenvalue weighted by Gasteiger charge is 2.13. The van der Waals surface area contributed by atoms with E-state index in [1.165, 1.54) is 23.0 Å². The molecular weight excluding hydrogens is 465 g/mol. The summed E-state index contributed by atoms with van der Waals surface area (Å²) in [5.41, 5.74) is 1.18. The van der Waals surface area contributed by atoms with Crippen LogP contribution in [0.3, 0.4) is 0 Å². The van der Waals surface area contributed by atoms with Gasteiger partial charge in [-0.05, 0) is 36.4 Å². The number of carbonyl (C=O) groups is 1. The molecular formula is C19H12BrClFN5O2. The number of benzene rings is 2. The van der Waals surface area contributed by atoms with Crippen LogP contribution in [0.25, 0.3) is 16.8 Å². The predicted molar refractivity (Wildman–Crippen MR) is 110 cm³/mol. The van der Waals surface area contributed by atoms with E-state index in [1.807, 2.05) is 24.3 Å². The van der Waals surface area contributed by atoms with Gasteiger partial charge in [0.05, 0.1) is 11.4 Å². The van der Waals surface area contributed by atoms with E-state index in [0.717, 1.165) is 20.8 Å². The molecule has 2 aromatic carbocycles. The van der Waals surface area contributed by atoms with Crippen LogP contribution in [0, 0.1) is 5.82 Å². The second kappa shape index (κ2) is 7.76. The lowest BCUT2D eigenvalue weighted by atomic mass is 10.1. The minimum atomic E-state index is -0.670. The Balaban J connectivity index is 1.59. The van der Waals surface area contributed by atoms with Gasteiger partial charge in [-0.25, -0.2) is 13.6 Å². The minimum absolute atomic E-state index is 0.0320. The summed E-state index contributed by atoms with van der Waals surface area (Å²) in [7, 11) is 0. The maximum absolute atomic E-state index is 13.8. The van der Waals surface area contributed by atoms with Crippen LogP contribution < -0.4 is 10.9 Å². The zero-order valence-corrected chi connectivity index (χ0v) is 17.0. The third-order valence-corrected chi connectivity index (χ3v) is 4.89. The van der Waals surface area contributed by atoms with Gasteiger partial charge in [-0.1, -0.05) is 39.7 Å². The van der Waals surface area contributed by atoms with E-state index in [2.05, 4.69) is 31.4 Å². The molecule has 146 valence electrons. The van der Waals surface area contributed by atoms with Gasteiger partial charge in [-0.15, -0.1) is 0 Å². The number of hydrogen-bond donors (Lipinski definition) is 1. The molecule has 2 aromatic heterocycles. The van der Waals surface area contributed by atoms with Crippen LogP contribution >= 0.6 is 27.5 Å². The van der Waals surface area contributed by atoms with Crippen LogP contribution in [0.1, 0.15) is 0 Å². The molecule has 0 bridgehead atoms. The molecule has 0 fully saturated rings. The lowest BCUT2D eigenvalue weighted by Gasteiger charge is -2.07. The molecule has 10 heteroatoms. The summed E-state index contributed by atoms with van der Waals surface area (Å²) in [5, 5.41) is 10.9. The third kappa shape index (κ3) is 4.06. The van der Waals surface area contributed by atoms with Crippen LogP contribution in [-0.4, -0.2) is 25.3 Å². The zero-order chi connectivity index (χ0) is 20.5. The lowest BCUT2D eigenvalue weighted by Crippen LogP contribution is -2.30. The first-order chi connectivity index (χ1) is 13.9. The number of aromatic nitrogens is 4. The Kier molecular flexibility index (Phi) is 5.16. The van der Waals surface area contributed by atoms with E-state index in [0.29, 0.717) is 5.69 Å². The summed E-state index contributed by atoms with van der Waals surface area (Å²) in [4.78, 5) is 24.9. The fraction of sp³-hybridized carbons (Fsp3) is 0.0526. The van der Waals surface area contributed by atoms with E-state index in [4.69, 9.17) is 11.6 Å². The van der Waals surface area contributed by atoms with Crippen LogP contribution in [0.4, 0.5) is 10.1 Å². The van der Waals surface area contributed by atoms with Crippen molar-refractivity contribution in [3.05, 3.63) is 80.5 Å². The summed E-state index contributed by atoms with van der Waals surface area (Å²) in [6.45, 7) is -0.379. The quantitative estimate of drug-likeness (QED) is 0.486. The number of carbonyl (C=O) groups excluding carboxylic acids is 1. The zero-order valence-electron chi connectivity index (χ0n) is 14.6. The molecule has 0 atom stereocenters. The van der Waals surface area contributed by atoms with Crippen molar-refractivity contribution in [3.8, 4) is 11.3 Å². The third-order valence-electron chi connectivity index (χ3n) is 4.13. The molecule has 0 aliphatic heterocycles. The van der Waals surface area contributed by atoms with Gasteiger partial charge in [-0.3, -0.25) is 9.59 Å². The minimum Gasteiger partial charge on any atom is -0.322 e. The van der Waals surface area contributed by atoms with Crippen LogP contribution in [0.5, 0.6) is 0 Å². The maximum atomic E-state index is 13.8. The highest BCUT2D eigenvalue weighted by molar-refractivity contribution is 9.10. The van der Waals surface area contributed by atoms with Crippen molar-refractivity contribution in [2.75, 3.05) is 5.32 Å². The van der Waals surface area contributed by atoms with Gasteiger partial charge in [0.1, 0.15) is 24.2 Å². The van der Waals surface area contributed by atoms with Crippen LogP contribution in [0.15, 0.2) is 64.1 Å². The molecule has 0 saturated carbocycles. The Bertz CT molecular complexity index is 1290. The second-order valence-corrected chi connectivity index (χ2v) is 7.48. The van der Waals surface area contributed by atoms with E-state index in [9.17, 15) is 14.0 Å². The number of amides is 1. The van der Waals surface area contributed by atoms with E-state index in [1.54, 1.807) is 6.07 Å². The smallest absolute Gasteiger partial charge is 0.293 e. The number of halogens is 3. The largest absolute Gasteiger partial charge is 0.322 e. The second-order valence-electron chi connectivity index (χ2n) is 6.13. The first-order valence-corrected chi connectivity index (χ1v) is 9.54. The van der Waals surface area contributed by atoms with Gasteiger partial charge in [0, 0.05) is 15.1 Å². The first-order valence-electron chi connectivity index (χ1n) is 8.37. The Hall–Kier alpha value is -3.04. The first kappa shape index (κ1) is 19.3. The van der Waals surface area contributed by atoms with E-state index >= 15 is 0 Å². The van der Waals surface area contributed by atoms with Crippen molar-refractivity contribution in [1.82, 2.24) is 19.4 Å². The number of hydrogen-bond acceptors (Lipinski definition) is 4. The van der Waals surface area contributed by atoms with E-state index in [-0.39, 0.29) is 22.8 Å². The van der Waals surface area contributed by atoms with Crippen molar-refractivity contribution in [1.29, 1.82) is 0 Å². The molecule has 0 saturated heterocycles. The molecule has 4 rings (SSSR count). The van der Waals surface area contributed by atoms with Gasteiger partial charge in [0.2, 0.25) is 5.91 Å². The Morgan fingerprint density at radius 3 is 2.66 bits per heavy atom. The molecule has 29 heavy (non-hydrogen) atoms. The summed E-state index contributed by atoms with van der Waals surface area (Å²) in [6.07, 6.45) is 1.34. The molecule has 1 N–H and O–H groups in total. The van der Waals surface area contributed by atoms with Crippen LogP contribution in [0.2, 0.25) is 5.02 Å². The monoisotopic (exact) mass is 475 g/mol. The fourth-order valence-electron chi connectivity index (χ4n) is 2.73. The normalized spacial score (nSPS) is 11.0. The van der Waals surface area contributed by atoms with Crippen molar-refractivity contribution in [2.45, 2.75) is 6.54 Å². The Morgan fingerprint density at radius 2 is 1.93 bits per heavy atom. The number of nitrogens with zero attached hydrogens (tertiary/aromatic N) is 4. The van der Waals surface area contributed by atoms with Gasteiger partial charge in [0.15, 0.2) is 0 Å². The van der Waals surface area contributed by atoms with Crippen molar-refractivity contribution < 1.29 is 9.18 Å². The van der Waals surface area contributed by atoms with Crippen molar-refractivity contribution in [2.24, 2.45) is 0 Å². The molecule has 0 aliphatic carbocycles. The van der Waals surface area contributed by atoms with Gasteiger partial charge >= 0.3 is 0 Å². The summed E-state index contributed by atoms with van der Waals surface area (Å²) >= 11 is 9.07. The SMILES string of the molecule is O=C(Cn1ncn2nc(-c3ccc(Br)cc3)cc2c1=O)Nc1ccc(Cl)cc1F. The van der Waals surface area contributed by atoms with Crippen molar-refractivity contribution >= 4 is 44.6 Å². The topological polar surface area (TPSA) is 81.3 Å². The standard InChI is InChI=1S/C19H12BrClFN5O2/c20-12-3-1-11(2-4-12)16-8-17-19(29)26(23-10-27(17)25-16)9-18(28)24-15-6-5-13(21)7-14(15)22/h1-8,10H,9H2,(H,24,28). The summed E-state index contributed by atoms with van der Waals surface area (Å²) < 4.78 is 17.1. The average molecular weight is 477 g/mol. The van der Waals surface area contributed by atoms with Crippen LogP contribution in [-0.2, 0) is 11.3 Å². The van der Waals surface area contributed by atoms with Gasteiger partial charge in [-0.2, -0.15) is 10.2 Å².